The average Bonchev–Trinajstić information content (AvgIpc) is 2.94. The fourth-order valence-electron chi connectivity index (χ4n) is 4.48. The topological polar surface area (TPSA) is 3.24 Å². The van der Waals surface area contributed by atoms with Gasteiger partial charge in [0.1, 0.15) is 0 Å². The first kappa shape index (κ1) is 24.3. The van der Waals surface area contributed by atoms with Crippen LogP contribution in [0, 0.1) is 0 Å². The maximum Gasteiger partial charge on any atom is 0.0462 e. The summed E-state index contributed by atoms with van der Waals surface area (Å²) in [7, 11) is 0. The lowest BCUT2D eigenvalue weighted by molar-refractivity contribution is 0.590. The molecule has 0 saturated heterocycles. The zero-order valence-corrected chi connectivity index (χ0v) is 21.8. The third-order valence-corrected chi connectivity index (χ3v) is 6.64. The van der Waals surface area contributed by atoms with E-state index in [0.29, 0.717) is 0 Å². The van der Waals surface area contributed by atoms with Crippen LogP contribution in [0.25, 0.3) is 23.3 Å². The summed E-state index contributed by atoms with van der Waals surface area (Å²) in [6.45, 7) is 6.74. The van der Waals surface area contributed by atoms with Gasteiger partial charge in [0, 0.05) is 17.1 Å². The fourth-order valence-corrected chi connectivity index (χ4v) is 4.48. The molecule has 5 aromatic carbocycles. The van der Waals surface area contributed by atoms with Gasteiger partial charge in [-0.3, -0.25) is 0 Å². The molecule has 0 amide bonds. The van der Waals surface area contributed by atoms with E-state index >= 15 is 0 Å². The van der Waals surface area contributed by atoms with Crippen LogP contribution in [0.4, 0.5) is 17.1 Å². The van der Waals surface area contributed by atoms with Gasteiger partial charge in [0.25, 0.3) is 0 Å². The number of para-hydroxylation sites is 1. The van der Waals surface area contributed by atoms with E-state index in [-0.39, 0.29) is 5.41 Å². The highest BCUT2D eigenvalue weighted by Gasteiger charge is 2.13. The van der Waals surface area contributed by atoms with Gasteiger partial charge < -0.3 is 4.90 Å². The van der Waals surface area contributed by atoms with Crippen molar-refractivity contribution in [1.82, 2.24) is 0 Å². The predicted molar refractivity (Wildman–Crippen MR) is 161 cm³/mol. The van der Waals surface area contributed by atoms with Crippen LogP contribution in [0.15, 0.2) is 133 Å². The molecule has 0 unspecified atom stereocenters. The maximum absolute atomic E-state index is 2.30. The van der Waals surface area contributed by atoms with E-state index in [9.17, 15) is 0 Å². The molecule has 37 heavy (non-hydrogen) atoms. The summed E-state index contributed by atoms with van der Waals surface area (Å²) in [5, 5.41) is 0. The van der Waals surface area contributed by atoms with Gasteiger partial charge in [-0.2, -0.15) is 0 Å². The van der Waals surface area contributed by atoms with Gasteiger partial charge in [0.2, 0.25) is 0 Å². The largest absolute Gasteiger partial charge is 0.311 e. The second-order valence-electron chi connectivity index (χ2n) is 10.4. The third kappa shape index (κ3) is 5.90. The van der Waals surface area contributed by atoms with E-state index in [1.807, 2.05) is 0 Å². The van der Waals surface area contributed by atoms with Gasteiger partial charge in [0.15, 0.2) is 0 Å². The summed E-state index contributed by atoms with van der Waals surface area (Å²) in [6, 6.07) is 47.4. The summed E-state index contributed by atoms with van der Waals surface area (Å²) in [4.78, 5) is 2.30. The SMILES string of the molecule is CC(C)(C)c1ccc(/C=C/c2ccc(N(c3ccccc3)c3ccc(-c4ccccc4)cc3)cc2)cc1. The Balaban J connectivity index is 1.40. The van der Waals surface area contributed by atoms with E-state index < -0.39 is 0 Å². The molecular weight excluding hydrogens is 446 g/mol. The van der Waals surface area contributed by atoms with E-state index in [2.05, 4.69) is 171 Å². The van der Waals surface area contributed by atoms with Crippen molar-refractivity contribution in [3.05, 3.63) is 150 Å². The van der Waals surface area contributed by atoms with Gasteiger partial charge >= 0.3 is 0 Å². The normalized spacial score (nSPS) is 11.5. The molecule has 0 aliphatic rings. The Hall–Kier alpha value is -4.36. The fraction of sp³-hybridized carbons (Fsp3) is 0.111. The first-order chi connectivity index (χ1) is 18.0. The Morgan fingerprint density at radius 3 is 1.35 bits per heavy atom. The number of anilines is 3. The van der Waals surface area contributed by atoms with Crippen molar-refractivity contribution in [3.63, 3.8) is 0 Å². The standard InChI is InChI=1S/C36H33N/c1-36(2,3)32-22-16-28(17-23-32)14-15-29-18-24-34(25-19-29)37(33-12-8-5-9-13-33)35-26-20-31(21-27-35)30-10-6-4-7-11-30/h4-27H,1-3H3/b15-14+. The molecule has 182 valence electrons. The van der Waals surface area contributed by atoms with Crippen LogP contribution in [0.5, 0.6) is 0 Å². The summed E-state index contributed by atoms with van der Waals surface area (Å²) < 4.78 is 0. The Labute approximate surface area is 221 Å². The highest BCUT2D eigenvalue weighted by molar-refractivity contribution is 5.79. The minimum absolute atomic E-state index is 0.171. The predicted octanol–water partition coefficient (Wildman–Crippen LogP) is 10.3. The van der Waals surface area contributed by atoms with Crippen molar-refractivity contribution in [2.45, 2.75) is 26.2 Å². The van der Waals surface area contributed by atoms with Crippen LogP contribution >= 0.6 is 0 Å². The minimum Gasteiger partial charge on any atom is -0.311 e. The Bertz CT molecular complexity index is 1440. The second kappa shape index (κ2) is 10.7. The Morgan fingerprint density at radius 2 is 0.838 bits per heavy atom. The van der Waals surface area contributed by atoms with Crippen molar-refractivity contribution < 1.29 is 0 Å². The molecule has 1 nitrogen and oxygen atoms in total. The first-order valence-electron chi connectivity index (χ1n) is 12.9. The van der Waals surface area contributed by atoms with E-state index in [1.54, 1.807) is 0 Å². The van der Waals surface area contributed by atoms with Gasteiger partial charge in [-0.15, -0.1) is 0 Å². The van der Waals surface area contributed by atoms with Crippen molar-refractivity contribution in [2.24, 2.45) is 0 Å². The summed E-state index contributed by atoms with van der Waals surface area (Å²) in [5.74, 6) is 0. The molecule has 0 aliphatic heterocycles. The number of benzene rings is 5. The maximum atomic E-state index is 2.30. The molecule has 0 fully saturated rings. The van der Waals surface area contributed by atoms with Gasteiger partial charge in [-0.25, -0.2) is 0 Å². The zero-order valence-electron chi connectivity index (χ0n) is 21.8. The lowest BCUT2D eigenvalue weighted by Gasteiger charge is -2.25. The minimum atomic E-state index is 0.171. The Morgan fingerprint density at radius 1 is 0.432 bits per heavy atom. The Kier molecular flexibility index (Phi) is 7.05. The molecule has 0 radical (unpaired) electrons. The monoisotopic (exact) mass is 479 g/mol. The van der Waals surface area contributed by atoms with Crippen LogP contribution in [0.2, 0.25) is 0 Å². The number of hydrogen-bond acceptors (Lipinski definition) is 1. The molecule has 0 N–H and O–H groups in total. The number of nitrogens with zero attached hydrogens (tertiary/aromatic N) is 1. The lowest BCUT2D eigenvalue weighted by Crippen LogP contribution is -2.10. The molecule has 5 aromatic rings. The lowest BCUT2D eigenvalue weighted by atomic mass is 9.87. The van der Waals surface area contributed by atoms with Crippen LogP contribution in [-0.4, -0.2) is 0 Å². The first-order valence-corrected chi connectivity index (χ1v) is 12.9. The van der Waals surface area contributed by atoms with Gasteiger partial charge in [-0.1, -0.05) is 130 Å². The van der Waals surface area contributed by atoms with Crippen molar-refractivity contribution in [3.8, 4) is 11.1 Å². The molecular formula is C36H33N. The summed E-state index contributed by atoms with van der Waals surface area (Å²) in [5.41, 5.74) is 9.75. The molecule has 0 bridgehead atoms. The zero-order chi connectivity index (χ0) is 25.7. The van der Waals surface area contributed by atoms with Crippen LogP contribution < -0.4 is 4.90 Å². The van der Waals surface area contributed by atoms with Crippen molar-refractivity contribution in [2.75, 3.05) is 4.90 Å². The van der Waals surface area contributed by atoms with Crippen LogP contribution in [0.3, 0.4) is 0 Å². The molecule has 5 rings (SSSR count). The quantitative estimate of drug-likeness (QED) is 0.219. The third-order valence-electron chi connectivity index (χ3n) is 6.64. The molecule has 0 aromatic heterocycles. The van der Waals surface area contributed by atoms with Gasteiger partial charge in [0.05, 0.1) is 0 Å². The molecule has 0 spiro atoms. The van der Waals surface area contributed by atoms with Crippen LogP contribution in [-0.2, 0) is 5.41 Å². The number of rotatable bonds is 6. The van der Waals surface area contributed by atoms with E-state index in [4.69, 9.17) is 0 Å². The van der Waals surface area contributed by atoms with Crippen molar-refractivity contribution in [1.29, 1.82) is 0 Å². The van der Waals surface area contributed by atoms with E-state index in [1.165, 1.54) is 27.8 Å². The highest BCUT2D eigenvalue weighted by Crippen LogP contribution is 2.35. The average molecular weight is 480 g/mol. The van der Waals surface area contributed by atoms with Crippen molar-refractivity contribution >= 4 is 29.2 Å². The molecule has 0 saturated carbocycles. The van der Waals surface area contributed by atoms with Crippen LogP contribution in [0.1, 0.15) is 37.5 Å². The molecule has 0 aliphatic carbocycles. The molecule has 0 heterocycles. The molecule has 1 heteroatoms. The molecule has 0 atom stereocenters. The second-order valence-corrected chi connectivity index (χ2v) is 10.4. The smallest absolute Gasteiger partial charge is 0.0462 e. The van der Waals surface area contributed by atoms with Gasteiger partial charge in [-0.05, 0) is 69.6 Å². The van der Waals surface area contributed by atoms with E-state index in [0.717, 1.165) is 17.1 Å². The number of hydrogen-bond donors (Lipinski definition) is 0. The summed E-state index contributed by atoms with van der Waals surface area (Å²) in [6.07, 6.45) is 4.36. The highest BCUT2D eigenvalue weighted by atomic mass is 15.1. The summed E-state index contributed by atoms with van der Waals surface area (Å²) >= 11 is 0.